The van der Waals surface area contributed by atoms with E-state index in [0.717, 1.165) is 21.5 Å². The Morgan fingerprint density at radius 2 is 2.20 bits per heavy atom. The van der Waals surface area contributed by atoms with Gasteiger partial charge in [-0.3, -0.25) is 11.3 Å². The van der Waals surface area contributed by atoms with E-state index in [9.17, 15) is 0 Å². The van der Waals surface area contributed by atoms with Gasteiger partial charge in [0.15, 0.2) is 0 Å². The quantitative estimate of drug-likeness (QED) is 0.617. The Bertz CT molecular complexity index is 605. The van der Waals surface area contributed by atoms with Crippen LogP contribution in [0.1, 0.15) is 33.3 Å². The second kappa shape index (κ2) is 6.16. The molecule has 5 heteroatoms. The number of hydrogen-bond acceptors (Lipinski definition) is 3. The van der Waals surface area contributed by atoms with Gasteiger partial charge in [0.25, 0.3) is 0 Å². The second-order valence-electron chi connectivity index (χ2n) is 5.11. The molecule has 1 aromatic carbocycles. The molecule has 3 rings (SSSR count). The van der Waals surface area contributed by atoms with Crippen molar-refractivity contribution in [3.05, 3.63) is 54.6 Å². The van der Waals surface area contributed by atoms with E-state index in [1.165, 1.54) is 34.6 Å². The maximum absolute atomic E-state index is 6.30. The van der Waals surface area contributed by atoms with Crippen molar-refractivity contribution in [1.29, 1.82) is 0 Å². The van der Waals surface area contributed by atoms with Crippen LogP contribution in [0.4, 0.5) is 0 Å². The summed E-state index contributed by atoms with van der Waals surface area (Å²) >= 11 is 11.6. The number of benzene rings is 1. The first-order valence-corrected chi connectivity index (χ1v) is 8.67. The maximum atomic E-state index is 6.30. The lowest BCUT2D eigenvalue weighted by molar-refractivity contribution is 0.560. The first-order chi connectivity index (χ1) is 9.67. The molecule has 1 unspecified atom stereocenters. The van der Waals surface area contributed by atoms with E-state index in [4.69, 9.17) is 17.4 Å². The van der Waals surface area contributed by atoms with E-state index in [0.29, 0.717) is 0 Å². The molecule has 0 saturated heterocycles. The minimum Gasteiger partial charge on any atom is -0.271 e. The second-order valence-corrected chi connectivity index (χ2v) is 7.60. The van der Waals surface area contributed by atoms with Crippen molar-refractivity contribution in [2.45, 2.75) is 31.7 Å². The molecule has 0 radical (unpaired) electrons. The van der Waals surface area contributed by atoms with Crippen molar-refractivity contribution < 1.29 is 0 Å². The third-order valence-corrected chi connectivity index (χ3v) is 5.95. The number of hydrogen-bond donors (Lipinski definition) is 2. The predicted molar refractivity (Wildman–Crippen MR) is 89.3 cm³/mol. The molecular weight excluding hydrogens is 356 g/mol. The molecule has 2 aromatic rings. The van der Waals surface area contributed by atoms with Gasteiger partial charge in [-0.2, -0.15) is 0 Å². The molecule has 0 aliphatic heterocycles. The highest BCUT2D eigenvalue weighted by molar-refractivity contribution is 9.10. The van der Waals surface area contributed by atoms with Crippen LogP contribution in [0.5, 0.6) is 0 Å². The molecule has 20 heavy (non-hydrogen) atoms. The van der Waals surface area contributed by atoms with Gasteiger partial charge in [0.1, 0.15) is 0 Å². The SMILES string of the molecule is NNC(Cc1ccc(Br)cc1Cl)c1cc2c(s1)CCC2. The molecule has 1 heterocycles. The molecule has 1 atom stereocenters. The maximum Gasteiger partial charge on any atom is 0.0594 e. The summed E-state index contributed by atoms with van der Waals surface area (Å²) < 4.78 is 0.999. The first kappa shape index (κ1) is 14.5. The van der Waals surface area contributed by atoms with Crippen molar-refractivity contribution in [1.82, 2.24) is 5.43 Å². The van der Waals surface area contributed by atoms with Crippen LogP contribution in [0.3, 0.4) is 0 Å². The number of fused-ring (bicyclic) bond motifs is 1. The topological polar surface area (TPSA) is 38.0 Å². The molecule has 0 amide bonds. The van der Waals surface area contributed by atoms with E-state index in [2.05, 4.69) is 33.5 Å². The van der Waals surface area contributed by atoms with Crippen LogP contribution in [0.15, 0.2) is 28.7 Å². The lowest BCUT2D eigenvalue weighted by Crippen LogP contribution is -2.29. The largest absolute Gasteiger partial charge is 0.271 e. The summed E-state index contributed by atoms with van der Waals surface area (Å²) in [5.74, 6) is 5.76. The van der Waals surface area contributed by atoms with Gasteiger partial charge in [0.2, 0.25) is 0 Å². The zero-order valence-corrected chi connectivity index (χ0v) is 14.1. The van der Waals surface area contributed by atoms with Crippen LogP contribution < -0.4 is 11.3 Å². The Hall–Kier alpha value is -0.390. The van der Waals surface area contributed by atoms with Crippen molar-refractivity contribution in [2.75, 3.05) is 0 Å². The number of rotatable bonds is 4. The molecule has 0 saturated carbocycles. The van der Waals surface area contributed by atoms with Crippen molar-refractivity contribution in [3.63, 3.8) is 0 Å². The molecule has 3 N–H and O–H groups in total. The van der Waals surface area contributed by atoms with Crippen LogP contribution in [-0.4, -0.2) is 0 Å². The summed E-state index contributed by atoms with van der Waals surface area (Å²) in [5.41, 5.74) is 5.56. The van der Waals surface area contributed by atoms with Gasteiger partial charge < -0.3 is 0 Å². The highest BCUT2D eigenvalue weighted by Crippen LogP contribution is 2.35. The van der Waals surface area contributed by atoms with Gasteiger partial charge >= 0.3 is 0 Å². The number of hydrazine groups is 1. The Kier molecular flexibility index (Phi) is 4.48. The molecular formula is C15H16BrClN2S. The fourth-order valence-corrected chi connectivity index (χ4v) is 4.74. The van der Waals surface area contributed by atoms with E-state index in [1.54, 1.807) is 0 Å². The number of halogens is 2. The zero-order chi connectivity index (χ0) is 14.1. The molecule has 106 valence electrons. The van der Waals surface area contributed by atoms with Crippen molar-refractivity contribution in [2.24, 2.45) is 5.84 Å². The fraction of sp³-hybridized carbons (Fsp3) is 0.333. The third kappa shape index (κ3) is 2.95. The highest BCUT2D eigenvalue weighted by Gasteiger charge is 2.20. The minimum atomic E-state index is 0.129. The van der Waals surface area contributed by atoms with E-state index in [1.807, 2.05) is 23.5 Å². The Morgan fingerprint density at radius 3 is 2.90 bits per heavy atom. The first-order valence-electron chi connectivity index (χ1n) is 6.69. The fourth-order valence-electron chi connectivity index (χ4n) is 2.67. The third-order valence-electron chi connectivity index (χ3n) is 3.75. The molecule has 0 fully saturated rings. The summed E-state index contributed by atoms with van der Waals surface area (Å²) in [4.78, 5) is 2.85. The number of thiophene rings is 1. The normalized spacial score (nSPS) is 15.3. The Balaban J connectivity index is 1.82. The van der Waals surface area contributed by atoms with Gasteiger partial charge in [-0.05, 0) is 55.0 Å². The predicted octanol–water partition coefficient (Wildman–Crippen LogP) is 4.40. The molecule has 1 aliphatic carbocycles. The van der Waals surface area contributed by atoms with Crippen LogP contribution in [-0.2, 0) is 19.3 Å². The average molecular weight is 372 g/mol. The lowest BCUT2D eigenvalue weighted by atomic mass is 10.0. The smallest absolute Gasteiger partial charge is 0.0594 e. The van der Waals surface area contributed by atoms with Gasteiger partial charge in [-0.15, -0.1) is 11.3 Å². The van der Waals surface area contributed by atoms with Crippen LogP contribution in [0, 0.1) is 0 Å². The summed E-state index contributed by atoms with van der Waals surface area (Å²) in [6.07, 6.45) is 4.53. The minimum absolute atomic E-state index is 0.129. The van der Waals surface area contributed by atoms with Crippen molar-refractivity contribution in [3.8, 4) is 0 Å². The zero-order valence-electron chi connectivity index (χ0n) is 11.0. The molecule has 1 aliphatic rings. The number of aryl methyl sites for hydroxylation is 2. The van der Waals surface area contributed by atoms with E-state index >= 15 is 0 Å². The summed E-state index contributed by atoms with van der Waals surface area (Å²) in [6.45, 7) is 0. The van der Waals surface area contributed by atoms with Gasteiger partial charge in [-0.25, -0.2) is 0 Å². The van der Waals surface area contributed by atoms with Gasteiger partial charge in [0, 0.05) is 19.2 Å². The molecule has 2 nitrogen and oxygen atoms in total. The average Bonchev–Trinajstić information content (AvgIpc) is 2.98. The Morgan fingerprint density at radius 1 is 1.35 bits per heavy atom. The number of nitrogens with one attached hydrogen (secondary N) is 1. The number of nitrogens with two attached hydrogens (primary N) is 1. The standard InChI is InChI=1S/C15H16BrClN2S/c16-11-5-4-9(12(17)8-11)6-13(19-18)15-7-10-2-1-3-14(10)20-15/h4-5,7-8,13,19H,1-3,6,18H2. The van der Waals surface area contributed by atoms with Crippen molar-refractivity contribution >= 4 is 38.9 Å². The van der Waals surface area contributed by atoms with Crippen LogP contribution in [0.25, 0.3) is 0 Å². The summed E-state index contributed by atoms with van der Waals surface area (Å²) in [5, 5.41) is 0.781. The summed E-state index contributed by atoms with van der Waals surface area (Å²) in [6, 6.07) is 8.44. The van der Waals surface area contributed by atoms with Crippen LogP contribution >= 0.6 is 38.9 Å². The van der Waals surface area contributed by atoms with Gasteiger partial charge in [-0.1, -0.05) is 33.6 Å². The summed E-state index contributed by atoms with van der Waals surface area (Å²) in [7, 11) is 0. The highest BCUT2D eigenvalue weighted by atomic mass is 79.9. The van der Waals surface area contributed by atoms with E-state index < -0.39 is 0 Å². The molecule has 0 bridgehead atoms. The molecule has 0 spiro atoms. The van der Waals surface area contributed by atoms with E-state index in [-0.39, 0.29) is 6.04 Å². The van der Waals surface area contributed by atoms with Gasteiger partial charge in [0.05, 0.1) is 6.04 Å². The molecule has 1 aromatic heterocycles. The Labute approximate surface area is 136 Å². The monoisotopic (exact) mass is 370 g/mol. The van der Waals surface area contributed by atoms with Crippen LogP contribution in [0.2, 0.25) is 5.02 Å². The lowest BCUT2D eigenvalue weighted by Gasteiger charge is -2.15.